The van der Waals surface area contributed by atoms with Gasteiger partial charge >= 0.3 is 7.60 Å². The SMILES string of the molecule is Cc1ccc(NCN(O)C(=O)CNCP(=O)(O)O)c(C)c1. The predicted molar refractivity (Wildman–Crippen MR) is 78.0 cm³/mol. The summed E-state index contributed by atoms with van der Waals surface area (Å²) in [6, 6.07) is 5.71. The van der Waals surface area contributed by atoms with E-state index >= 15 is 0 Å². The molecular weight excluding hydrogens is 297 g/mol. The number of aryl methyl sites for hydroxylation is 2. The summed E-state index contributed by atoms with van der Waals surface area (Å²) >= 11 is 0. The highest BCUT2D eigenvalue weighted by Gasteiger charge is 2.15. The normalized spacial score (nSPS) is 11.3. The second-order valence-corrected chi connectivity index (χ2v) is 6.34. The van der Waals surface area contributed by atoms with Crippen LogP contribution in [0.25, 0.3) is 0 Å². The quantitative estimate of drug-likeness (QED) is 0.216. The smallest absolute Gasteiger partial charge is 0.339 e. The van der Waals surface area contributed by atoms with Crippen LogP contribution in [0, 0.1) is 13.8 Å². The number of nitrogens with zero attached hydrogens (tertiary/aromatic N) is 1. The topological polar surface area (TPSA) is 122 Å². The van der Waals surface area contributed by atoms with E-state index in [1.165, 1.54) is 0 Å². The Morgan fingerprint density at radius 3 is 2.57 bits per heavy atom. The molecule has 8 nitrogen and oxygen atoms in total. The zero-order chi connectivity index (χ0) is 16.0. The maximum absolute atomic E-state index is 11.5. The lowest BCUT2D eigenvalue weighted by atomic mass is 10.1. The molecule has 21 heavy (non-hydrogen) atoms. The molecule has 1 aromatic rings. The van der Waals surface area contributed by atoms with E-state index in [-0.39, 0.29) is 13.2 Å². The molecule has 1 amide bonds. The zero-order valence-corrected chi connectivity index (χ0v) is 12.8. The Kier molecular flexibility index (Phi) is 6.32. The van der Waals surface area contributed by atoms with Crippen molar-refractivity contribution < 1.29 is 24.4 Å². The van der Waals surface area contributed by atoms with Crippen LogP contribution >= 0.6 is 7.60 Å². The maximum atomic E-state index is 11.5. The Bertz CT molecular complexity index is 546. The van der Waals surface area contributed by atoms with Gasteiger partial charge in [0.05, 0.1) is 12.8 Å². The number of hydroxylamine groups is 2. The lowest BCUT2D eigenvalue weighted by Crippen LogP contribution is -2.39. The minimum absolute atomic E-state index is 0.125. The molecule has 0 fully saturated rings. The largest absolute Gasteiger partial charge is 0.366 e. The Labute approximate surface area is 122 Å². The number of carbonyl (C=O) groups is 1. The number of hydrogen-bond donors (Lipinski definition) is 5. The van der Waals surface area contributed by atoms with Gasteiger partial charge in [-0.15, -0.1) is 0 Å². The number of carbonyl (C=O) groups excluding carboxylic acids is 1. The van der Waals surface area contributed by atoms with Crippen LogP contribution in [0.15, 0.2) is 18.2 Å². The van der Waals surface area contributed by atoms with Crippen molar-refractivity contribution in [2.24, 2.45) is 0 Å². The summed E-state index contributed by atoms with van der Waals surface area (Å²) in [5, 5.41) is 15.2. The van der Waals surface area contributed by atoms with Gasteiger partial charge in [-0.2, -0.15) is 0 Å². The molecule has 0 aromatic heterocycles. The number of benzene rings is 1. The van der Waals surface area contributed by atoms with Gasteiger partial charge in [0, 0.05) is 5.69 Å². The molecular formula is C12H20N3O5P. The summed E-state index contributed by atoms with van der Waals surface area (Å²) in [6.45, 7) is 3.38. The van der Waals surface area contributed by atoms with E-state index in [9.17, 15) is 14.6 Å². The third-order valence-corrected chi connectivity index (χ3v) is 3.32. The van der Waals surface area contributed by atoms with E-state index in [0.29, 0.717) is 5.06 Å². The van der Waals surface area contributed by atoms with Crippen molar-refractivity contribution in [3.63, 3.8) is 0 Å². The average Bonchev–Trinajstić information content (AvgIpc) is 2.35. The minimum Gasteiger partial charge on any atom is -0.366 e. The molecule has 0 saturated carbocycles. The monoisotopic (exact) mass is 317 g/mol. The molecule has 0 aliphatic rings. The lowest BCUT2D eigenvalue weighted by molar-refractivity contribution is -0.162. The molecule has 0 bridgehead atoms. The molecule has 1 rings (SSSR count). The Morgan fingerprint density at radius 2 is 2.00 bits per heavy atom. The van der Waals surface area contributed by atoms with Crippen LogP contribution in [0.2, 0.25) is 0 Å². The highest BCUT2D eigenvalue weighted by Crippen LogP contribution is 2.31. The number of hydrogen-bond acceptors (Lipinski definition) is 5. The highest BCUT2D eigenvalue weighted by molar-refractivity contribution is 7.51. The fourth-order valence-corrected chi connectivity index (χ4v) is 2.06. The third-order valence-electron chi connectivity index (χ3n) is 2.68. The van der Waals surface area contributed by atoms with Gasteiger partial charge in [0.25, 0.3) is 5.91 Å². The summed E-state index contributed by atoms with van der Waals surface area (Å²) in [5.74, 6) is -0.694. The van der Waals surface area contributed by atoms with E-state index in [1.54, 1.807) is 0 Å². The first-order chi connectivity index (χ1) is 9.69. The molecule has 0 heterocycles. The first-order valence-corrected chi connectivity index (χ1v) is 8.04. The van der Waals surface area contributed by atoms with E-state index in [4.69, 9.17) is 9.79 Å². The van der Waals surface area contributed by atoms with Crippen molar-refractivity contribution in [1.29, 1.82) is 0 Å². The Balaban J connectivity index is 2.40. The predicted octanol–water partition coefficient (Wildman–Crippen LogP) is 0.615. The van der Waals surface area contributed by atoms with Crippen molar-refractivity contribution in [2.45, 2.75) is 13.8 Å². The van der Waals surface area contributed by atoms with Crippen LogP contribution in [-0.4, -0.2) is 45.5 Å². The van der Waals surface area contributed by atoms with Crippen molar-refractivity contribution in [3.05, 3.63) is 29.3 Å². The lowest BCUT2D eigenvalue weighted by Gasteiger charge is -2.18. The maximum Gasteiger partial charge on any atom is 0.339 e. The van der Waals surface area contributed by atoms with Crippen molar-refractivity contribution in [1.82, 2.24) is 10.4 Å². The van der Waals surface area contributed by atoms with Crippen LogP contribution in [0.4, 0.5) is 5.69 Å². The zero-order valence-electron chi connectivity index (χ0n) is 11.9. The fraction of sp³-hybridized carbons (Fsp3) is 0.417. The number of amides is 1. The van der Waals surface area contributed by atoms with Gasteiger partial charge in [-0.25, -0.2) is 5.06 Å². The summed E-state index contributed by atoms with van der Waals surface area (Å²) in [4.78, 5) is 28.8. The molecule has 0 unspecified atom stereocenters. The molecule has 0 spiro atoms. The van der Waals surface area contributed by atoms with E-state index < -0.39 is 19.8 Å². The molecule has 0 atom stereocenters. The summed E-state index contributed by atoms with van der Waals surface area (Å²) in [6.07, 6.45) is -0.614. The molecule has 0 radical (unpaired) electrons. The van der Waals surface area contributed by atoms with Crippen molar-refractivity contribution >= 4 is 19.2 Å². The van der Waals surface area contributed by atoms with Gasteiger partial charge in [-0.05, 0) is 25.5 Å². The first kappa shape index (κ1) is 17.6. The van der Waals surface area contributed by atoms with E-state index in [2.05, 4.69) is 10.6 Å². The van der Waals surface area contributed by atoms with Gasteiger partial charge in [-0.3, -0.25) is 19.9 Å². The minimum atomic E-state index is -4.21. The standard InChI is InChI=1S/C12H20N3O5P/c1-9-3-4-11(10(2)5-9)14-7-15(17)12(16)6-13-8-21(18,19)20/h3-5,13-14,17H,6-8H2,1-2H3,(H2,18,19,20). The number of rotatable bonds is 7. The number of nitrogens with one attached hydrogen (secondary N) is 2. The van der Waals surface area contributed by atoms with Gasteiger partial charge in [0.1, 0.15) is 6.67 Å². The summed E-state index contributed by atoms with van der Waals surface area (Å²) in [7, 11) is -4.21. The highest BCUT2D eigenvalue weighted by atomic mass is 31.2. The third kappa shape index (κ3) is 6.70. The average molecular weight is 317 g/mol. The molecule has 118 valence electrons. The number of anilines is 1. The summed E-state index contributed by atoms with van der Waals surface area (Å²) in [5.41, 5.74) is 2.88. The Morgan fingerprint density at radius 1 is 1.33 bits per heavy atom. The molecule has 5 N–H and O–H groups in total. The van der Waals surface area contributed by atoms with Crippen LogP contribution in [0.3, 0.4) is 0 Å². The molecule has 1 aromatic carbocycles. The second kappa shape index (κ2) is 7.53. The Hall–Kier alpha value is -1.44. The van der Waals surface area contributed by atoms with Crippen LogP contribution < -0.4 is 10.6 Å². The second-order valence-electron chi connectivity index (χ2n) is 4.70. The van der Waals surface area contributed by atoms with Gasteiger partial charge in [-0.1, -0.05) is 17.7 Å². The van der Waals surface area contributed by atoms with Crippen LogP contribution in [-0.2, 0) is 9.36 Å². The van der Waals surface area contributed by atoms with E-state index in [1.807, 2.05) is 32.0 Å². The molecule has 9 heteroatoms. The van der Waals surface area contributed by atoms with Crippen molar-refractivity contribution in [2.75, 3.05) is 24.8 Å². The van der Waals surface area contributed by atoms with E-state index in [0.717, 1.165) is 16.8 Å². The van der Waals surface area contributed by atoms with Gasteiger partial charge < -0.3 is 15.1 Å². The molecule has 0 aliphatic carbocycles. The molecule has 0 saturated heterocycles. The van der Waals surface area contributed by atoms with Crippen molar-refractivity contribution in [3.8, 4) is 0 Å². The van der Waals surface area contributed by atoms with Gasteiger partial charge in [0.2, 0.25) is 0 Å². The van der Waals surface area contributed by atoms with Crippen LogP contribution in [0.5, 0.6) is 0 Å². The molecule has 0 aliphatic heterocycles. The van der Waals surface area contributed by atoms with Crippen LogP contribution in [0.1, 0.15) is 11.1 Å². The first-order valence-electron chi connectivity index (χ1n) is 6.25. The fourth-order valence-electron chi connectivity index (χ4n) is 1.66. The van der Waals surface area contributed by atoms with Gasteiger partial charge in [0.15, 0.2) is 0 Å². The summed E-state index contributed by atoms with van der Waals surface area (Å²) < 4.78 is 10.6.